The van der Waals surface area contributed by atoms with E-state index in [0.717, 1.165) is 0 Å². The van der Waals surface area contributed by atoms with Crippen LogP contribution in [0.3, 0.4) is 0 Å². The quantitative estimate of drug-likeness (QED) is 0.630. The summed E-state index contributed by atoms with van der Waals surface area (Å²) in [4.78, 5) is 36.0. The highest BCUT2D eigenvalue weighted by atomic mass is 19.2. The third kappa shape index (κ3) is 2.61. The van der Waals surface area contributed by atoms with Gasteiger partial charge in [0.25, 0.3) is 5.56 Å². The molecule has 23 heavy (non-hydrogen) atoms. The Morgan fingerprint density at radius 1 is 0.957 bits per heavy atom. The zero-order valence-electron chi connectivity index (χ0n) is 11.0. The summed E-state index contributed by atoms with van der Waals surface area (Å²) in [6, 6.07) is 0.344. The number of carboxylic acids is 2. The van der Waals surface area contributed by atoms with Crippen LogP contribution < -0.4 is 11.3 Å². The van der Waals surface area contributed by atoms with Crippen molar-refractivity contribution in [1.29, 1.82) is 0 Å². The summed E-state index contributed by atoms with van der Waals surface area (Å²) in [5, 5.41) is 18.2. The van der Waals surface area contributed by atoms with Crippen molar-refractivity contribution < 1.29 is 33.0 Å². The largest absolute Gasteiger partial charge is 0.478 e. The van der Waals surface area contributed by atoms with Crippen molar-refractivity contribution >= 4 is 17.8 Å². The predicted octanol–water partition coefficient (Wildman–Crippen LogP) is 1.44. The number of carbonyl (C=O) groups is 2. The molecule has 0 aliphatic carbocycles. The van der Waals surface area contributed by atoms with E-state index in [1.54, 1.807) is 4.98 Å². The van der Waals surface area contributed by atoms with Crippen LogP contribution in [0.25, 0.3) is 11.1 Å². The second kappa shape index (κ2) is 5.48. The predicted molar refractivity (Wildman–Crippen MR) is 70.7 cm³/mol. The molecule has 1 heterocycles. The summed E-state index contributed by atoms with van der Waals surface area (Å²) in [6.45, 7) is 0. The van der Waals surface area contributed by atoms with Gasteiger partial charge in [0, 0.05) is 17.2 Å². The number of aromatic amines is 1. The standard InChI is InChI=1S/C13H7F3N2O5/c14-4-2-6(16)5(15)1-3(4)7-8(12(20)21)10(17)18-11(19)9(7)13(22)23/h1-2H,(H,20,21)(H,22,23)(H3,17,18,19). The second-order valence-electron chi connectivity index (χ2n) is 4.35. The Labute approximate surface area is 124 Å². The molecule has 2 rings (SSSR count). The number of nitrogen functional groups attached to an aromatic ring is 1. The molecule has 0 radical (unpaired) electrons. The molecule has 0 saturated heterocycles. The lowest BCUT2D eigenvalue weighted by Gasteiger charge is -2.13. The molecule has 1 aromatic carbocycles. The van der Waals surface area contributed by atoms with Crippen LogP contribution in [0.2, 0.25) is 0 Å². The van der Waals surface area contributed by atoms with Crippen LogP contribution in [0, 0.1) is 17.5 Å². The molecule has 0 aliphatic rings. The van der Waals surface area contributed by atoms with Gasteiger partial charge >= 0.3 is 11.9 Å². The molecule has 0 atom stereocenters. The molecule has 10 heteroatoms. The summed E-state index contributed by atoms with van der Waals surface area (Å²) in [5.74, 6) is -9.04. The fraction of sp³-hybridized carbons (Fsp3) is 0. The molecule has 0 amide bonds. The molecule has 0 fully saturated rings. The van der Waals surface area contributed by atoms with Crippen LogP contribution in [-0.4, -0.2) is 27.1 Å². The third-order valence-electron chi connectivity index (χ3n) is 2.95. The second-order valence-corrected chi connectivity index (χ2v) is 4.35. The number of rotatable bonds is 3. The first-order valence-corrected chi connectivity index (χ1v) is 5.82. The fourth-order valence-corrected chi connectivity index (χ4v) is 2.03. The minimum absolute atomic E-state index is 0.0965. The molecule has 0 unspecified atom stereocenters. The van der Waals surface area contributed by atoms with Crippen LogP contribution in [0.15, 0.2) is 16.9 Å². The SMILES string of the molecule is Nc1[nH]c(=O)c(C(=O)O)c(-c2cc(F)c(F)cc2F)c1C(=O)O. The summed E-state index contributed by atoms with van der Waals surface area (Å²) < 4.78 is 40.3. The molecular weight excluding hydrogens is 321 g/mol. The van der Waals surface area contributed by atoms with Crippen molar-refractivity contribution in [3.63, 3.8) is 0 Å². The zero-order valence-corrected chi connectivity index (χ0v) is 11.0. The van der Waals surface area contributed by atoms with Gasteiger partial charge in [-0.1, -0.05) is 0 Å². The van der Waals surface area contributed by atoms with Gasteiger partial charge in [0.1, 0.15) is 22.8 Å². The van der Waals surface area contributed by atoms with Gasteiger partial charge < -0.3 is 20.9 Å². The van der Waals surface area contributed by atoms with Crippen LogP contribution in [0.4, 0.5) is 19.0 Å². The molecule has 0 spiro atoms. The van der Waals surface area contributed by atoms with Crippen LogP contribution in [-0.2, 0) is 0 Å². The molecule has 1 aromatic heterocycles. The first-order chi connectivity index (χ1) is 10.6. The van der Waals surface area contributed by atoms with Gasteiger partial charge in [-0.2, -0.15) is 0 Å². The van der Waals surface area contributed by atoms with Gasteiger partial charge in [0.2, 0.25) is 0 Å². The number of H-pyrrole nitrogens is 1. The lowest BCUT2D eigenvalue weighted by atomic mass is 9.95. The van der Waals surface area contributed by atoms with Gasteiger partial charge in [-0.25, -0.2) is 22.8 Å². The van der Waals surface area contributed by atoms with Gasteiger partial charge in [-0.15, -0.1) is 0 Å². The van der Waals surface area contributed by atoms with E-state index in [9.17, 15) is 27.6 Å². The number of carboxylic acid groups (broad SMARTS) is 2. The average molecular weight is 328 g/mol. The zero-order chi connectivity index (χ0) is 17.5. The van der Waals surface area contributed by atoms with E-state index >= 15 is 0 Å². The van der Waals surface area contributed by atoms with Gasteiger partial charge in [-0.3, -0.25) is 4.79 Å². The van der Waals surface area contributed by atoms with Crippen molar-refractivity contribution in [1.82, 2.24) is 4.98 Å². The van der Waals surface area contributed by atoms with Gasteiger partial charge in [0.15, 0.2) is 11.6 Å². The Kier molecular flexibility index (Phi) is 3.83. The average Bonchev–Trinajstić information content (AvgIpc) is 2.40. The molecular formula is C13H7F3N2O5. The maximum atomic E-state index is 13.9. The number of anilines is 1. The first kappa shape index (κ1) is 16.1. The number of aromatic nitrogens is 1. The van der Waals surface area contributed by atoms with Gasteiger partial charge in [-0.05, 0) is 6.07 Å². The Morgan fingerprint density at radius 2 is 1.48 bits per heavy atom. The number of aromatic carboxylic acids is 2. The van der Waals surface area contributed by atoms with E-state index in [0.29, 0.717) is 0 Å². The number of hydrogen-bond donors (Lipinski definition) is 4. The fourth-order valence-electron chi connectivity index (χ4n) is 2.03. The smallest absolute Gasteiger partial charge is 0.342 e. The maximum absolute atomic E-state index is 13.9. The van der Waals surface area contributed by atoms with Crippen LogP contribution in [0.1, 0.15) is 20.7 Å². The summed E-state index contributed by atoms with van der Waals surface area (Å²) >= 11 is 0. The molecule has 2 aromatic rings. The van der Waals surface area contributed by atoms with Crippen molar-refractivity contribution in [2.75, 3.05) is 5.73 Å². The highest BCUT2D eigenvalue weighted by Crippen LogP contribution is 2.32. The third-order valence-corrected chi connectivity index (χ3v) is 2.95. The van der Waals surface area contributed by atoms with E-state index < -0.39 is 63.0 Å². The van der Waals surface area contributed by atoms with Crippen molar-refractivity contribution in [3.05, 3.63) is 51.1 Å². The van der Waals surface area contributed by atoms with E-state index in [4.69, 9.17) is 15.9 Å². The lowest BCUT2D eigenvalue weighted by molar-refractivity contribution is 0.0695. The summed E-state index contributed by atoms with van der Waals surface area (Å²) in [6.07, 6.45) is 0. The number of nitrogens with one attached hydrogen (secondary N) is 1. The van der Waals surface area contributed by atoms with Crippen LogP contribution >= 0.6 is 0 Å². The lowest BCUT2D eigenvalue weighted by Crippen LogP contribution is -2.24. The van der Waals surface area contributed by atoms with Crippen molar-refractivity contribution in [2.24, 2.45) is 0 Å². The number of pyridine rings is 1. The molecule has 7 nitrogen and oxygen atoms in total. The van der Waals surface area contributed by atoms with E-state index in [2.05, 4.69) is 0 Å². The Hall–Kier alpha value is -3.30. The molecule has 120 valence electrons. The summed E-state index contributed by atoms with van der Waals surface area (Å²) in [7, 11) is 0. The van der Waals surface area contributed by atoms with Crippen molar-refractivity contribution in [3.8, 4) is 11.1 Å². The highest BCUT2D eigenvalue weighted by molar-refractivity contribution is 6.07. The number of halogens is 3. The summed E-state index contributed by atoms with van der Waals surface area (Å²) in [5.41, 5.74) is 0.0147. The molecule has 5 N–H and O–H groups in total. The van der Waals surface area contributed by atoms with Gasteiger partial charge in [0.05, 0.1) is 0 Å². The minimum Gasteiger partial charge on any atom is -0.478 e. The number of benzene rings is 1. The molecule has 0 aliphatic heterocycles. The maximum Gasteiger partial charge on any atom is 0.342 e. The Morgan fingerprint density at radius 3 is 2.00 bits per heavy atom. The van der Waals surface area contributed by atoms with E-state index in [-0.39, 0.29) is 12.1 Å². The van der Waals surface area contributed by atoms with E-state index in [1.807, 2.05) is 0 Å². The normalized spacial score (nSPS) is 10.6. The Bertz CT molecular complexity index is 907. The van der Waals surface area contributed by atoms with Crippen molar-refractivity contribution in [2.45, 2.75) is 0 Å². The number of nitrogens with two attached hydrogens (primary N) is 1. The molecule has 0 saturated carbocycles. The van der Waals surface area contributed by atoms with Crippen LogP contribution in [0.5, 0.6) is 0 Å². The minimum atomic E-state index is -1.90. The monoisotopic (exact) mass is 328 g/mol. The number of hydrogen-bond acceptors (Lipinski definition) is 4. The molecule has 0 bridgehead atoms. The Balaban J connectivity index is 3.06. The van der Waals surface area contributed by atoms with E-state index in [1.165, 1.54) is 0 Å². The first-order valence-electron chi connectivity index (χ1n) is 5.82. The highest BCUT2D eigenvalue weighted by Gasteiger charge is 2.29. The topological polar surface area (TPSA) is 133 Å².